The minimum Gasteiger partial charge on any atom is -0.462 e. The zero-order chi connectivity index (χ0) is 6.57. The summed E-state index contributed by atoms with van der Waals surface area (Å²) in [6.45, 7) is 0. The summed E-state index contributed by atoms with van der Waals surface area (Å²) in [5.74, 6) is 0. The molecular weight excluding hydrogens is 110 g/mol. The van der Waals surface area contributed by atoms with Gasteiger partial charge in [0, 0.05) is 14.1 Å². The van der Waals surface area contributed by atoms with E-state index < -0.39 is 6.09 Å². The summed E-state index contributed by atoms with van der Waals surface area (Å²) in [7, 11) is 3.18. The van der Waals surface area contributed by atoms with Gasteiger partial charge in [0.15, 0.2) is 0 Å². The fraction of sp³-hybridized carbons (Fsp3) is 0.667. The van der Waals surface area contributed by atoms with E-state index in [1.165, 1.54) is 5.01 Å². The van der Waals surface area contributed by atoms with Crippen LogP contribution in [0, 0.1) is 0 Å². The normalized spacial score (nSPS) is 9.75. The average molecular weight is 117 g/mol. The van der Waals surface area contributed by atoms with Crippen LogP contribution in [0.15, 0.2) is 10.3 Å². The number of rotatable bonds is 1. The Morgan fingerprint density at radius 3 is 2.25 bits per heavy atom. The third-order valence-electron chi connectivity index (χ3n) is 0.309. The number of nitrogens with zero attached hydrogens (tertiary/aromatic N) is 3. The van der Waals surface area contributed by atoms with Crippen molar-refractivity contribution in [2.24, 2.45) is 10.3 Å². The van der Waals surface area contributed by atoms with E-state index in [2.05, 4.69) is 10.3 Å². The SMILES string of the molecule is CN(C)N=NC(=O)O. The summed E-state index contributed by atoms with van der Waals surface area (Å²) in [5, 5.41) is 15.1. The Morgan fingerprint density at radius 1 is 1.62 bits per heavy atom. The minimum absolute atomic E-state index is 1.28. The molecule has 0 radical (unpaired) electrons. The second kappa shape index (κ2) is 2.95. The molecule has 8 heavy (non-hydrogen) atoms. The smallest absolute Gasteiger partial charge is 0.451 e. The molecule has 0 aliphatic carbocycles. The summed E-state index contributed by atoms with van der Waals surface area (Å²) in [6, 6.07) is 0. The Kier molecular flexibility index (Phi) is 2.53. The molecular formula is C3H7N3O2. The standard InChI is InChI=1S/C3H7N3O2/c1-6(2)5-4-3(7)8/h1-2H3,(H,7,8). The molecule has 1 N–H and O–H groups in total. The lowest BCUT2D eigenvalue weighted by molar-refractivity contribution is 0.200. The largest absolute Gasteiger partial charge is 0.462 e. The van der Waals surface area contributed by atoms with Gasteiger partial charge in [-0.05, 0) is 0 Å². The lowest BCUT2D eigenvalue weighted by Gasteiger charge is -1.96. The van der Waals surface area contributed by atoms with E-state index in [0.717, 1.165) is 0 Å². The molecule has 5 heteroatoms. The second-order valence-electron chi connectivity index (χ2n) is 1.32. The Balaban J connectivity index is 3.50. The summed E-state index contributed by atoms with van der Waals surface area (Å²) < 4.78 is 0. The van der Waals surface area contributed by atoms with E-state index in [-0.39, 0.29) is 0 Å². The van der Waals surface area contributed by atoms with Crippen LogP contribution in [-0.2, 0) is 0 Å². The molecule has 1 amide bonds. The van der Waals surface area contributed by atoms with Crippen LogP contribution in [0.2, 0.25) is 0 Å². The topological polar surface area (TPSA) is 65.3 Å². The zero-order valence-corrected chi connectivity index (χ0v) is 4.70. The van der Waals surface area contributed by atoms with Crippen molar-refractivity contribution in [1.82, 2.24) is 5.01 Å². The quantitative estimate of drug-likeness (QED) is 0.404. The van der Waals surface area contributed by atoms with Crippen molar-refractivity contribution in [2.75, 3.05) is 14.1 Å². The van der Waals surface area contributed by atoms with Crippen LogP contribution in [0.5, 0.6) is 0 Å². The highest BCUT2D eigenvalue weighted by Crippen LogP contribution is 1.78. The number of amides is 1. The Labute approximate surface area is 46.6 Å². The van der Waals surface area contributed by atoms with E-state index >= 15 is 0 Å². The van der Waals surface area contributed by atoms with Crippen molar-refractivity contribution in [1.29, 1.82) is 0 Å². The van der Waals surface area contributed by atoms with E-state index in [1.807, 2.05) is 0 Å². The molecule has 0 aromatic rings. The van der Waals surface area contributed by atoms with Gasteiger partial charge in [0.25, 0.3) is 0 Å². The molecule has 5 nitrogen and oxygen atoms in total. The van der Waals surface area contributed by atoms with Gasteiger partial charge >= 0.3 is 6.09 Å². The maximum Gasteiger partial charge on any atom is 0.451 e. The van der Waals surface area contributed by atoms with Crippen LogP contribution >= 0.6 is 0 Å². The highest BCUT2D eigenvalue weighted by molar-refractivity contribution is 5.64. The molecule has 0 unspecified atom stereocenters. The molecule has 46 valence electrons. The summed E-state index contributed by atoms with van der Waals surface area (Å²) >= 11 is 0. The first kappa shape index (κ1) is 6.87. The monoisotopic (exact) mass is 117 g/mol. The van der Waals surface area contributed by atoms with E-state index in [4.69, 9.17) is 5.11 Å². The third-order valence-corrected chi connectivity index (χ3v) is 0.309. The number of carbonyl (C=O) groups is 1. The maximum atomic E-state index is 9.62. The molecule has 0 aromatic carbocycles. The molecule has 0 aromatic heterocycles. The molecule has 0 spiro atoms. The predicted octanol–water partition coefficient (Wildman–Crippen LogP) is 0.593. The van der Waals surface area contributed by atoms with Crippen molar-refractivity contribution in [2.45, 2.75) is 0 Å². The maximum absolute atomic E-state index is 9.62. The molecule has 0 heterocycles. The molecule has 0 bridgehead atoms. The lowest BCUT2D eigenvalue weighted by atomic mass is 11.2. The molecule has 0 rings (SSSR count). The highest BCUT2D eigenvalue weighted by Gasteiger charge is 1.85. The number of hydrogen-bond acceptors (Lipinski definition) is 2. The first-order chi connectivity index (χ1) is 3.63. The van der Waals surface area contributed by atoms with Gasteiger partial charge in [-0.3, -0.25) is 5.01 Å². The van der Waals surface area contributed by atoms with E-state index in [0.29, 0.717) is 0 Å². The summed E-state index contributed by atoms with van der Waals surface area (Å²) in [6.07, 6.45) is -1.28. The average Bonchev–Trinajstić information content (AvgIpc) is 1.61. The predicted molar refractivity (Wildman–Crippen MR) is 26.6 cm³/mol. The van der Waals surface area contributed by atoms with Crippen LogP contribution in [0.25, 0.3) is 0 Å². The van der Waals surface area contributed by atoms with Crippen molar-refractivity contribution < 1.29 is 9.90 Å². The fourth-order valence-corrected chi connectivity index (χ4v) is 0.128. The molecule has 0 atom stereocenters. The Morgan fingerprint density at radius 2 is 2.12 bits per heavy atom. The fourth-order valence-electron chi connectivity index (χ4n) is 0.128. The molecule has 0 saturated heterocycles. The van der Waals surface area contributed by atoms with Crippen LogP contribution in [0.3, 0.4) is 0 Å². The zero-order valence-electron chi connectivity index (χ0n) is 4.70. The molecule has 0 fully saturated rings. The highest BCUT2D eigenvalue weighted by atomic mass is 16.4. The molecule has 0 aliphatic heterocycles. The van der Waals surface area contributed by atoms with E-state index in [9.17, 15) is 4.79 Å². The van der Waals surface area contributed by atoms with Gasteiger partial charge in [-0.1, -0.05) is 10.3 Å². The second-order valence-corrected chi connectivity index (χ2v) is 1.32. The van der Waals surface area contributed by atoms with Crippen LogP contribution in [0.1, 0.15) is 0 Å². The number of hydrogen-bond donors (Lipinski definition) is 1. The first-order valence-corrected chi connectivity index (χ1v) is 1.95. The van der Waals surface area contributed by atoms with Crippen molar-refractivity contribution in [3.05, 3.63) is 0 Å². The number of carboxylic acid groups (broad SMARTS) is 1. The van der Waals surface area contributed by atoms with E-state index in [1.54, 1.807) is 14.1 Å². The molecule has 0 aliphatic rings. The Hall–Kier alpha value is -1.13. The lowest BCUT2D eigenvalue weighted by Crippen LogP contribution is -2.00. The summed E-state index contributed by atoms with van der Waals surface area (Å²) in [4.78, 5) is 9.62. The van der Waals surface area contributed by atoms with Gasteiger partial charge in [0.05, 0.1) is 0 Å². The van der Waals surface area contributed by atoms with Crippen LogP contribution in [0.4, 0.5) is 4.79 Å². The Bertz CT molecular complexity index is 109. The van der Waals surface area contributed by atoms with Crippen LogP contribution < -0.4 is 0 Å². The van der Waals surface area contributed by atoms with Crippen LogP contribution in [-0.4, -0.2) is 30.3 Å². The third kappa shape index (κ3) is 4.87. The van der Waals surface area contributed by atoms with Gasteiger partial charge in [0.1, 0.15) is 0 Å². The first-order valence-electron chi connectivity index (χ1n) is 1.95. The van der Waals surface area contributed by atoms with Gasteiger partial charge in [-0.2, -0.15) is 0 Å². The minimum atomic E-state index is -1.28. The molecule has 0 saturated carbocycles. The van der Waals surface area contributed by atoms with Gasteiger partial charge < -0.3 is 5.11 Å². The van der Waals surface area contributed by atoms with Gasteiger partial charge in [-0.25, -0.2) is 4.79 Å². The van der Waals surface area contributed by atoms with Crippen molar-refractivity contribution >= 4 is 6.09 Å². The van der Waals surface area contributed by atoms with Gasteiger partial charge in [0.2, 0.25) is 0 Å². The van der Waals surface area contributed by atoms with Crippen molar-refractivity contribution in [3.8, 4) is 0 Å². The van der Waals surface area contributed by atoms with Gasteiger partial charge in [-0.15, -0.1) is 0 Å². The summed E-state index contributed by atoms with van der Waals surface area (Å²) in [5.41, 5.74) is 0. The van der Waals surface area contributed by atoms with Crippen molar-refractivity contribution in [3.63, 3.8) is 0 Å².